The number of anilines is 1. The third kappa shape index (κ3) is 4.13. The van der Waals surface area contributed by atoms with E-state index in [4.69, 9.17) is 5.11 Å². The highest BCUT2D eigenvalue weighted by Gasteiger charge is 2.33. The largest absolute Gasteiger partial charge is 0.416 e. The first-order valence-electron chi connectivity index (χ1n) is 6.89. The predicted molar refractivity (Wildman–Crippen MR) is 74.7 cm³/mol. The molecule has 1 atom stereocenters. The number of aliphatic hydroxyl groups is 1. The van der Waals surface area contributed by atoms with Gasteiger partial charge in [0.1, 0.15) is 0 Å². The van der Waals surface area contributed by atoms with Crippen LogP contribution in [-0.2, 0) is 12.8 Å². The van der Waals surface area contributed by atoms with Crippen molar-refractivity contribution in [2.24, 2.45) is 5.92 Å². The van der Waals surface area contributed by atoms with Gasteiger partial charge in [-0.15, -0.1) is 0 Å². The van der Waals surface area contributed by atoms with Crippen LogP contribution < -0.4 is 4.90 Å². The van der Waals surface area contributed by atoms with Gasteiger partial charge in [-0.25, -0.2) is 0 Å². The van der Waals surface area contributed by atoms with Crippen molar-refractivity contribution in [3.8, 4) is 0 Å². The molecule has 0 aliphatic carbocycles. The van der Waals surface area contributed by atoms with Crippen LogP contribution in [0.2, 0.25) is 0 Å². The maximum atomic E-state index is 13.0. The molecule has 2 nitrogen and oxygen atoms in total. The maximum Gasteiger partial charge on any atom is 0.416 e. The fourth-order valence-electron chi connectivity index (χ4n) is 2.09. The summed E-state index contributed by atoms with van der Waals surface area (Å²) in [5, 5.41) is 9.04. The molecule has 1 rings (SSSR count). The Morgan fingerprint density at radius 2 is 1.90 bits per heavy atom. The van der Waals surface area contributed by atoms with Gasteiger partial charge >= 0.3 is 6.18 Å². The Hall–Kier alpha value is -1.23. The molecule has 0 aliphatic heterocycles. The van der Waals surface area contributed by atoms with Gasteiger partial charge in [0.25, 0.3) is 0 Å². The molecule has 0 fully saturated rings. The van der Waals surface area contributed by atoms with Crippen molar-refractivity contribution in [2.45, 2.75) is 40.0 Å². The maximum absolute atomic E-state index is 13.0. The number of aliphatic hydroxyl groups excluding tert-OH is 1. The topological polar surface area (TPSA) is 23.5 Å². The van der Waals surface area contributed by atoms with Crippen LogP contribution in [-0.4, -0.2) is 18.2 Å². The van der Waals surface area contributed by atoms with Crippen LogP contribution >= 0.6 is 0 Å². The second kappa shape index (κ2) is 6.97. The molecule has 0 aliphatic rings. The van der Waals surface area contributed by atoms with E-state index in [1.165, 1.54) is 6.07 Å². The normalized spacial score (nSPS) is 13.3. The van der Waals surface area contributed by atoms with E-state index in [1.54, 1.807) is 6.07 Å². The zero-order valence-corrected chi connectivity index (χ0v) is 12.2. The molecule has 0 heterocycles. The summed E-state index contributed by atoms with van der Waals surface area (Å²) in [5.41, 5.74) is -0.279. The highest BCUT2D eigenvalue weighted by atomic mass is 19.4. The lowest BCUT2D eigenvalue weighted by Crippen LogP contribution is -2.28. The first-order chi connectivity index (χ1) is 9.33. The van der Waals surface area contributed by atoms with E-state index in [-0.39, 0.29) is 5.56 Å². The summed E-state index contributed by atoms with van der Waals surface area (Å²) in [6.07, 6.45) is -3.46. The van der Waals surface area contributed by atoms with Crippen LogP contribution in [0.3, 0.4) is 0 Å². The first kappa shape index (κ1) is 16.8. The van der Waals surface area contributed by atoms with E-state index in [9.17, 15) is 13.2 Å². The van der Waals surface area contributed by atoms with Gasteiger partial charge in [-0.2, -0.15) is 13.2 Å². The molecule has 0 saturated carbocycles. The van der Waals surface area contributed by atoms with Crippen LogP contribution in [0.4, 0.5) is 18.9 Å². The molecule has 0 spiro atoms. The number of rotatable bonds is 6. The second-order valence-corrected chi connectivity index (χ2v) is 5.05. The number of hydrogen-bond acceptors (Lipinski definition) is 2. The fraction of sp³-hybridized carbons (Fsp3) is 0.600. The zero-order chi connectivity index (χ0) is 15.3. The Kier molecular flexibility index (Phi) is 5.87. The summed E-state index contributed by atoms with van der Waals surface area (Å²) in [7, 11) is 0. The van der Waals surface area contributed by atoms with Crippen molar-refractivity contribution in [1.82, 2.24) is 0 Å². The van der Waals surface area contributed by atoms with Crippen LogP contribution in [0.25, 0.3) is 0 Å². The van der Waals surface area contributed by atoms with Crippen molar-refractivity contribution < 1.29 is 18.3 Å². The summed E-state index contributed by atoms with van der Waals surface area (Å²) < 4.78 is 38.9. The summed E-state index contributed by atoms with van der Waals surface area (Å²) in [4.78, 5) is 1.94. The van der Waals surface area contributed by atoms with Crippen LogP contribution in [0, 0.1) is 5.92 Å². The lowest BCUT2D eigenvalue weighted by molar-refractivity contribution is -0.138. The monoisotopic (exact) mass is 289 g/mol. The van der Waals surface area contributed by atoms with E-state index in [2.05, 4.69) is 13.8 Å². The minimum Gasteiger partial charge on any atom is -0.392 e. The highest BCUT2D eigenvalue weighted by molar-refractivity contribution is 5.52. The summed E-state index contributed by atoms with van der Waals surface area (Å²) in [5.74, 6) is 0.418. The van der Waals surface area contributed by atoms with Crippen molar-refractivity contribution >= 4 is 5.69 Å². The standard InChI is InChI=1S/C15H22F3NO/c1-4-11(3)9-19(5-2)13-7-6-12(10-20)14(8-13)15(16,17)18/h6-8,11,20H,4-5,9-10H2,1-3H3. The molecular weight excluding hydrogens is 267 g/mol. The van der Waals surface area contributed by atoms with Crippen molar-refractivity contribution in [3.63, 3.8) is 0 Å². The van der Waals surface area contributed by atoms with Gasteiger partial charge in [0, 0.05) is 18.8 Å². The average molecular weight is 289 g/mol. The van der Waals surface area contributed by atoms with E-state index in [0.717, 1.165) is 19.0 Å². The Morgan fingerprint density at radius 1 is 1.25 bits per heavy atom. The molecule has 1 N–H and O–H groups in total. The number of benzene rings is 1. The van der Waals surface area contributed by atoms with Crippen LogP contribution in [0.15, 0.2) is 18.2 Å². The quantitative estimate of drug-likeness (QED) is 0.853. The molecule has 1 aromatic carbocycles. The number of alkyl halides is 3. The number of hydrogen-bond donors (Lipinski definition) is 1. The summed E-state index contributed by atoms with van der Waals surface area (Å²) in [6.45, 7) is 6.84. The molecule has 0 radical (unpaired) electrons. The van der Waals surface area contributed by atoms with Gasteiger partial charge in [-0.3, -0.25) is 0 Å². The molecule has 0 aromatic heterocycles. The number of halogens is 3. The van der Waals surface area contributed by atoms with Crippen LogP contribution in [0.1, 0.15) is 38.3 Å². The molecule has 0 amide bonds. The highest BCUT2D eigenvalue weighted by Crippen LogP contribution is 2.34. The van der Waals surface area contributed by atoms with E-state index >= 15 is 0 Å². The molecule has 1 aromatic rings. The Bertz CT molecular complexity index is 432. The lowest BCUT2D eigenvalue weighted by Gasteiger charge is -2.27. The molecule has 0 bridgehead atoms. The Morgan fingerprint density at radius 3 is 2.35 bits per heavy atom. The van der Waals surface area contributed by atoms with Crippen LogP contribution in [0.5, 0.6) is 0 Å². The predicted octanol–water partition coefficient (Wildman–Crippen LogP) is 4.07. The zero-order valence-electron chi connectivity index (χ0n) is 12.2. The smallest absolute Gasteiger partial charge is 0.392 e. The molecule has 1 unspecified atom stereocenters. The van der Waals surface area contributed by atoms with Crippen molar-refractivity contribution in [1.29, 1.82) is 0 Å². The third-order valence-corrected chi connectivity index (χ3v) is 3.55. The van der Waals surface area contributed by atoms with Gasteiger partial charge in [-0.1, -0.05) is 26.3 Å². The van der Waals surface area contributed by atoms with Gasteiger partial charge in [-0.05, 0) is 30.5 Å². The third-order valence-electron chi connectivity index (χ3n) is 3.55. The number of nitrogens with zero attached hydrogens (tertiary/aromatic N) is 1. The molecule has 0 saturated heterocycles. The van der Waals surface area contributed by atoms with Crippen molar-refractivity contribution in [3.05, 3.63) is 29.3 Å². The Labute approximate surface area is 118 Å². The van der Waals surface area contributed by atoms with Gasteiger partial charge < -0.3 is 10.0 Å². The summed E-state index contributed by atoms with van der Waals surface area (Å²) in [6, 6.07) is 4.14. The van der Waals surface area contributed by atoms with E-state index in [1.807, 2.05) is 11.8 Å². The van der Waals surface area contributed by atoms with Crippen molar-refractivity contribution in [2.75, 3.05) is 18.0 Å². The van der Waals surface area contributed by atoms with Gasteiger partial charge in [0.2, 0.25) is 0 Å². The molecule has 5 heteroatoms. The van der Waals surface area contributed by atoms with Gasteiger partial charge in [0.05, 0.1) is 12.2 Å². The van der Waals surface area contributed by atoms with E-state index < -0.39 is 18.3 Å². The minimum absolute atomic E-state index is 0.0826. The minimum atomic E-state index is -4.44. The SMILES string of the molecule is CCC(C)CN(CC)c1ccc(CO)c(C(F)(F)F)c1. The molecule has 114 valence electrons. The van der Waals surface area contributed by atoms with E-state index in [0.29, 0.717) is 18.2 Å². The molecule has 20 heavy (non-hydrogen) atoms. The lowest BCUT2D eigenvalue weighted by atomic mass is 10.0. The Balaban J connectivity index is 3.12. The van der Waals surface area contributed by atoms with Gasteiger partial charge in [0.15, 0.2) is 0 Å². The summed E-state index contributed by atoms with van der Waals surface area (Å²) >= 11 is 0. The first-order valence-corrected chi connectivity index (χ1v) is 6.89. The second-order valence-electron chi connectivity index (χ2n) is 5.05. The average Bonchev–Trinajstić information content (AvgIpc) is 2.42. The molecular formula is C15H22F3NO. The fourth-order valence-corrected chi connectivity index (χ4v) is 2.09.